The quantitative estimate of drug-likeness (QED) is 0.697. The lowest BCUT2D eigenvalue weighted by Gasteiger charge is -2.06. The van der Waals surface area contributed by atoms with Crippen molar-refractivity contribution in [3.63, 3.8) is 0 Å². The van der Waals surface area contributed by atoms with Crippen LogP contribution in [0.15, 0.2) is 54.7 Å². The number of rotatable bonds is 3. The van der Waals surface area contributed by atoms with Gasteiger partial charge in [0.15, 0.2) is 0 Å². The Hall–Kier alpha value is -3.39. The van der Waals surface area contributed by atoms with Crippen molar-refractivity contribution in [2.75, 3.05) is 0 Å². The smallest absolute Gasteiger partial charge is 0.303 e. The zero-order valence-corrected chi connectivity index (χ0v) is 14.2. The molecule has 3 aromatic rings. The summed E-state index contributed by atoms with van der Waals surface area (Å²) in [7, 11) is 0. The third kappa shape index (κ3) is 3.93. The van der Waals surface area contributed by atoms with E-state index in [4.69, 9.17) is 10.5 Å². The second-order valence-electron chi connectivity index (χ2n) is 5.43. The van der Waals surface area contributed by atoms with Crippen molar-refractivity contribution in [3.05, 3.63) is 65.9 Å². The Morgan fingerprint density at radius 3 is 2.40 bits per heavy atom. The first-order valence-electron chi connectivity index (χ1n) is 7.86. The first-order valence-corrected chi connectivity index (χ1v) is 7.86. The number of nitriles is 1. The summed E-state index contributed by atoms with van der Waals surface area (Å²) in [5.41, 5.74) is 3.90. The number of hydrogen-bond acceptors (Lipinski definition) is 3. The number of carboxylic acid groups (broad SMARTS) is 1. The molecule has 5 heteroatoms. The average Bonchev–Trinajstić information content (AvgIpc) is 3.02. The molecule has 0 bridgehead atoms. The Morgan fingerprint density at radius 1 is 1.20 bits per heavy atom. The summed E-state index contributed by atoms with van der Waals surface area (Å²) in [4.78, 5) is 9.37. The minimum absolute atomic E-state index is 0.222. The van der Waals surface area contributed by atoms with E-state index >= 15 is 0 Å². The minimum Gasteiger partial charge on any atom is -0.481 e. The summed E-state index contributed by atoms with van der Waals surface area (Å²) in [6.07, 6.45) is 2.16. The molecule has 2 aromatic carbocycles. The van der Waals surface area contributed by atoms with Crippen LogP contribution in [0.2, 0.25) is 0 Å². The van der Waals surface area contributed by atoms with Crippen LogP contribution in [0.3, 0.4) is 0 Å². The van der Waals surface area contributed by atoms with Crippen molar-refractivity contribution in [1.82, 2.24) is 4.57 Å². The highest BCUT2D eigenvalue weighted by Crippen LogP contribution is 2.26. The SMILES string of the molecule is CC(=N)c1cn(-c2ccccc2C#N)c2ccccc12.CCC(=O)O. The van der Waals surface area contributed by atoms with Crippen molar-refractivity contribution in [1.29, 1.82) is 10.7 Å². The lowest BCUT2D eigenvalue weighted by Crippen LogP contribution is -1.95. The number of nitrogens with zero attached hydrogens (tertiary/aromatic N) is 2. The van der Waals surface area contributed by atoms with E-state index < -0.39 is 5.97 Å². The summed E-state index contributed by atoms with van der Waals surface area (Å²) >= 11 is 0. The van der Waals surface area contributed by atoms with E-state index in [1.54, 1.807) is 19.9 Å². The van der Waals surface area contributed by atoms with Crippen molar-refractivity contribution >= 4 is 22.6 Å². The van der Waals surface area contributed by atoms with Crippen LogP contribution in [-0.2, 0) is 4.79 Å². The fourth-order valence-electron chi connectivity index (χ4n) is 2.46. The Morgan fingerprint density at radius 2 is 1.80 bits per heavy atom. The van der Waals surface area contributed by atoms with Gasteiger partial charge in [0.1, 0.15) is 6.07 Å². The van der Waals surface area contributed by atoms with Crippen LogP contribution in [0.4, 0.5) is 0 Å². The van der Waals surface area contributed by atoms with E-state index in [1.165, 1.54) is 0 Å². The molecule has 0 fully saturated rings. The number of hydrogen-bond donors (Lipinski definition) is 2. The van der Waals surface area contributed by atoms with Crippen LogP contribution < -0.4 is 0 Å². The van der Waals surface area contributed by atoms with Gasteiger partial charge < -0.3 is 15.1 Å². The van der Waals surface area contributed by atoms with E-state index in [-0.39, 0.29) is 6.42 Å². The molecule has 126 valence electrons. The second kappa shape index (κ2) is 7.93. The molecule has 0 saturated heterocycles. The molecule has 0 radical (unpaired) electrons. The molecular weight excluding hydrogens is 314 g/mol. The summed E-state index contributed by atoms with van der Waals surface area (Å²) in [5, 5.41) is 25.9. The van der Waals surface area contributed by atoms with Gasteiger partial charge in [0.25, 0.3) is 0 Å². The van der Waals surface area contributed by atoms with Crippen LogP contribution >= 0.6 is 0 Å². The van der Waals surface area contributed by atoms with E-state index in [0.29, 0.717) is 11.3 Å². The number of benzene rings is 2. The fraction of sp³-hybridized carbons (Fsp3) is 0.150. The maximum Gasteiger partial charge on any atom is 0.303 e. The summed E-state index contributed by atoms with van der Waals surface area (Å²) in [6.45, 7) is 3.38. The van der Waals surface area contributed by atoms with Gasteiger partial charge in [-0.05, 0) is 25.1 Å². The average molecular weight is 333 g/mol. The highest BCUT2D eigenvalue weighted by Gasteiger charge is 2.12. The van der Waals surface area contributed by atoms with Crippen LogP contribution in [0.25, 0.3) is 16.6 Å². The van der Waals surface area contributed by atoms with Gasteiger partial charge >= 0.3 is 5.97 Å². The topological polar surface area (TPSA) is 89.9 Å². The Balaban J connectivity index is 0.000000399. The molecule has 1 aromatic heterocycles. The van der Waals surface area contributed by atoms with Gasteiger partial charge in [0, 0.05) is 29.3 Å². The van der Waals surface area contributed by atoms with E-state index in [9.17, 15) is 10.1 Å². The van der Waals surface area contributed by atoms with Crippen molar-refractivity contribution in [2.45, 2.75) is 20.3 Å². The van der Waals surface area contributed by atoms with Gasteiger partial charge in [0.2, 0.25) is 0 Å². The first kappa shape index (κ1) is 18.0. The number of para-hydroxylation sites is 2. The minimum atomic E-state index is -0.745. The lowest BCUT2D eigenvalue weighted by atomic mass is 10.1. The standard InChI is InChI=1S/C17H13N3.C3H6O2/c1-12(19)15-11-20(17-9-5-3-7-14(15)17)16-8-4-2-6-13(16)10-18;1-2-3(4)5/h2-9,11,19H,1H3;2H2,1H3,(H,4,5). The first-order chi connectivity index (χ1) is 12.0. The number of carbonyl (C=O) groups is 1. The normalized spacial score (nSPS) is 9.80. The highest BCUT2D eigenvalue weighted by molar-refractivity contribution is 6.08. The monoisotopic (exact) mass is 333 g/mol. The summed E-state index contributed by atoms with van der Waals surface area (Å²) in [6, 6.07) is 17.7. The largest absolute Gasteiger partial charge is 0.481 e. The maximum atomic E-state index is 9.37. The molecule has 3 rings (SSSR count). The molecule has 0 unspecified atom stereocenters. The fourth-order valence-corrected chi connectivity index (χ4v) is 2.46. The Labute approximate surface area is 146 Å². The van der Waals surface area contributed by atoms with Gasteiger partial charge in [-0.25, -0.2) is 0 Å². The zero-order valence-electron chi connectivity index (χ0n) is 14.2. The molecule has 0 saturated carbocycles. The van der Waals surface area contributed by atoms with Crippen molar-refractivity contribution in [3.8, 4) is 11.8 Å². The molecule has 0 aliphatic heterocycles. The summed E-state index contributed by atoms with van der Waals surface area (Å²) < 4.78 is 1.99. The van der Waals surface area contributed by atoms with E-state index in [2.05, 4.69) is 6.07 Å². The zero-order chi connectivity index (χ0) is 18.4. The van der Waals surface area contributed by atoms with Crippen molar-refractivity contribution < 1.29 is 9.90 Å². The molecule has 1 heterocycles. The van der Waals surface area contributed by atoms with Crippen LogP contribution in [-0.4, -0.2) is 21.4 Å². The highest BCUT2D eigenvalue weighted by atomic mass is 16.4. The molecule has 0 aliphatic rings. The molecule has 0 amide bonds. The number of fused-ring (bicyclic) bond motifs is 1. The van der Waals surface area contributed by atoms with Gasteiger partial charge in [-0.2, -0.15) is 5.26 Å². The van der Waals surface area contributed by atoms with Gasteiger partial charge in [0.05, 0.1) is 16.8 Å². The van der Waals surface area contributed by atoms with Crippen LogP contribution in [0.1, 0.15) is 31.4 Å². The third-order valence-electron chi connectivity index (χ3n) is 3.70. The number of aromatic nitrogens is 1. The molecule has 25 heavy (non-hydrogen) atoms. The van der Waals surface area contributed by atoms with Crippen LogP contribution in [0.5, 0.6) is 0 Å². The predicted octanol–water partition coefficient (Wildman–Crippen LogP) is 4.37. The Kier molecular flexibility index (Phi) is 5.70. The van der Waals surface area contributed by atoms with Crippen LogP contribution in [0, 0.1) is 16.7 Å². The number of carboxylic acids is 1. The predicted molar refractivity (Wildman–Crippen MR) is 98.4 cm³/mol. The van der Waals surface area contributed by atoms with Gasteiger partial charge in [-0.15, -0.1) is 0 Å². The molecule has 0 aliphatic carbocycles. The molecule has 0 atom stereocenters. The van der Waals surface area contributed by atoms with E-state index in [0.717, 1.165) is 22.2 Å². The molecule has 2 N–H and O–H groups in total. The van der Waals surface area contributed by atoms with Gasteiger partial charge in [-0.3, -0.25) is 4.79 Å². The second-order valence-corrected chi connectivity index (χ2v) is 5.43. The number of nitrogens with one attached hydrogen (secondary N) is 1. The number of aliphatic carboxylic acids is 1. The molecular formula is C20H19N3O2. The Bertz CT molecular complexity index is 964. The van der Waals surface area contributed by atoms with E-state index in [1.807, 2.05) is 53.2 Å². The molecule has 5 nitrogen and oxygen atoms in total. The lowest BCUT2D eigenvalue weighted by molar-refractivity contribution is -0.136. The maximum absolute atomic E-state index is 9.37. The van der Waals surface area contributed by atoms with Gasteiger partial charge in [-0.1, -0.05) is 37.3 Å². The molecule has 0 spiro atoms. The van der Waals surface area contributed by atoms with Crippen molar-refractivity contribution in [2.24, 2.45) is 0 Å². The summed E-state index contributed by atoms with van der Waals surface area (Å²) in [5.74, 6) is -0.745. The third-order valence-corrected chi connectivity index (χ3v) is 3.70.